The number of rotatable bonds is 11. The van der Waals surface area contributed by atoms with Crippen LogP contribution in [0.1, 0.15) is 51.9 Å². The summed E-state index contributed by atoms with van der Waals surface area (Å²) < 4.78 is 11.9. The second-order valence-corrected chi connectivity index (χ2v) is 6.97. The molecule has 130 valence electrons. The van der Waals surface area contributed by atoms with E-state index in [1.165, 1.54) is 19.3 Å². The van der Waals surface area contributed by atoms with Crippen LogP contribution in [0.2, 0.25) is 0 Å². The number of hydrogen-bond acceptors (Lipinski definition) is 4. The summed E-state index contributed by atoms with van der Waals surface area (Å²) in [6.07, 6.45) is 12.0. The Bertz CT molecular complexity index is 439. The summed E-state index contributed by atoms with van der Waals surface area (Å²) in [5.41, 5.74) is 0. The molecule has 0 aromatic carbocycles. The molecule has 0 aromatic heterocycles. The van der Waals surface area contributed by atoms with Gasteiger partial charge < -0.3 is 19.9 Å². The Balaban J connectivity index is 1.44. The zero-order chi connectivity index (χ0) is 16.2. The Morgan fingerprint density at radius 2 is 1.87 bits per heavy atom. The fraction of sp³-hybridized carbons (Fsp3) is 0.833. The highest BCUT2D eigenvalue weighted by atomic mass is 16.7. The van der Waals surface area contributed by atoms with Crippen molar-refractivity contribution in [3.63, 3.8) is 0 Å². The minimum absolute atomic E-state index is 0.233. The quantitative estimate of drug-likeness (QED) is 0.347. The highest BCUT2D eigenvalue weighted by Crippen LogP contribution is 2.52. The van der Waals surface area contributed by atoms with E-state index in [9.17, 15) is 4.79 Å². The van der Waals surface area contributed by atoms with Gasteiger partial charge in [-0.2, -0.15) is 0 Å². The summed E-state index contributed by atoms with van der Waals surface area (Å²) in [6, 6.07) is 0.407. The molecular weight excluding hydrogens is 294 g/mol. The molecule has 0 saturated carbocycles. The maximum absolute atomic E-state index is 10.5. The number of fused-ring (bicyclic) bond motifs is 5. The number of hydrogen-bond donors (Lipinski definition) is 2. The molecule has 3 rings (SSSR count). The van der Waals surface area contributed by atoms with Gasteiger partial charge in [-0.15, -0.1) is 0 Å². The predicted octanol–water partition coefficient (Wildman–Crippen LogP) is 2.50. The number of carboxylic acids is 1. The van der Waals surface area contributed by atoms with E-state index in [0.717, 1.165) is 19.4 Å². The zero-order valence-electron chi connectivity index (χ0n) is 13.9. The van der Waals surface area contributed by atoms with Gasteiger partial charge >= 0.3 is 5.97 Å². The standard InChI is InChI=1S/C18H29NO4/c1-2-3-8-11-19-14-12(9-6-4-5-7-10-13(20)21)15-17-18(23-17)16(14)22-15/h4,6,12,14-19H,2-3,5,7-11H2,1H3,(H,20,21)/t12-,14+,15+,16-,17-,18+/m0/s1. The van der Waals surface area contributed by atoms with Crippen LogP contribution in [0, 0.1) is 5.92 Å². The molecule has 2 N–H and O–H groups in total. The first kappa shape index (κ1) is 16.9. The van der Waals surface area contributed by atoms with Crippen LogP contribution in [-0.2, 0) is 14.3 Å². The first-order valence-electron chi connectivity index (χ1n) is 9.13. The van der Waals surface area contributed by atoms with Crippen LogP contribution < -0.4 is 5.32 Å². The molecule has 0 unspecified atom stereocenters. The lowest BCUT2D eigenvalue weighted by Gasteiger charge is -2.26. The van der Waals surface area contributed by atoms with E-state index in [1.807, 2.05) is 0 Å². The average Bonchev–Trinajstić information content (AvgIpc) is 3.15. The molecule has 0 spiro atoms. The van der Waals surface area contributed by atoms with E-state index in [1.54, 1.807) is 0 Å². The third-order valence-corrected chi connectivity index (χ3v) is 5.26. The minimum atomic E-state index is -0.715. The van der Waals surface area contributed by atoms with Crippen molar-refractivity contribution in [2.75, 3.05) is 6.54 Å². The molecule has 2 bridgehead atoms. The molecule has 0 aromatic rings. The van der Waals surface area contributed by atoms with Gasteiger partial charge in [-0.25, -0.2) is 0 Å². The summed E-state index contributed by atoms with van der Waals surface area (Å²) in [5.74, 6) is -0.228. The molecule has 0 radical (unpaired) electrons. The van der Waals surface area contributed by atoms with Crippen molar-refractivity contribution >= 4 is 5.97 Å². The van der Waals surface area contributed by atoms with Gasteiger partial charge in [0, 0.05) is 18.4 Å². The molecule has 3 aliphatic rings. The van der Waals surface area contributed by atoms with E-state index in [0.29, 0.717) is 30.6 Å². The third-order valence-electron chi connectivity index (χ3n) is 5.26. The van der Waals surface area contributed by atoms with Crippen LogP contribution >= 0.6 is 0 Å². The molecule has 5 nitrogen and oxygen atoms in total. The molecule has 0 aliphatic carbocycles. The maximum atomic E-state index is 10.5. The van der Waals surface area contributed by atoms with Gasteiger partial charge in [0.25, 0.3) is 0 Å². The fourth-order valence-electron chi connectivity index (χ4n) is 4.02. The SMILES string of the molecule is CCCCCN[C@@H]1[C@H](CC=CCCCC(=O)O)[C@H]2O[C@@H]1[C@H]1O[C@H]12. The Labute approximate surface area is 138 Å². The highest BCUT2D eigenvalue weighted by molar-refractivity contribution is 5.66. The van der Waals surface area contributed by atoms with E-state index in [4.69, 9.17) is 14.6 Å². The lowest BCUT2D eigenvalue weighted by Crippen LogP contribution is -2.47. The van der Waals surface area contributed by atoms with Crippen LogP contribution in [0.5, 0.6) is 0 Å². The van der Waals surface area contributed by atoms with Crippen molar-refractivity contribution in [2.24, 2.45) is 5.92 Å². The average molecular weight is 323 g/mol. The van der Waals surface area contributed by atoms with E-state index in [2.05, 4.69) is 24.4 Å². The van der Waals surface area contributed by atoms with Crippen LogP contribution in [0.4, 0.5) is 0 Å². The number of epoxide rings is 1. The van der Waals surface area contributed by atoms with Crippen molar-refractivity contribution in [2.45, 2.75) is 82.3 Å². The van der Waals surface area contributed by atoms with Crippen LogP contribution in [-0.4, -0.2) is 48.1 Å². The number of carbonyl (C=O) groups is 1. The van der Waals surface area contributed by atoms with Crippen molar-refractivity contribution in [3.8, 4) is 0 Å². The summed E-state index contributed by atoms with van der Waals surface area (Å²) in [7, 11) is 0. The topological polar surface area (TPSA) is 71.1 Å². The Hall–Kier alpha value is -0.910. The van der Waals surface area contributed by atoms with Crippen LogP contribution in [0.15, 0.2) is 12.2 Å². The van der Waals surface area contributed by atoms with E-state index < -0.39 is 5.97 Å². The molecule has 3 saturated heterocycles. The summed E-state index contributed by atoms with van der Waals surface area (Å²) >= 11 is 0. The lowest BCUT2D eigenvalue weighted by molar-refractivity contribution is -0.137. The molecule has 5 heteroatoms. The fourth-order valence-corrected chi connectivity index (χ4v) is 4.02. The van der Waals surface area contributed by atoms with Crippen molar-refractivity contribution in [1.29, 1.82) is 0 Å². The number of carboxylic acid groups (broad SMARTS) is 1. The second kappa shape index (κ2) is 7.77. The zero-order valence-corrected chi connectivity index (χ0v) is 13.9. The highest BCUT2D eigenvalue weighted by Gasteiger charge is 2.68. The molecule has 23 heavy (non-hydrogen) atoms. The molecule has 0 amide bonds. The van der Waals surface area contributed by atoms with Crippen LogP contribution in [0.3, 0.4) is 0 Å². The predicted molar refractivity (Wildman–Crippen MR) is 87.4 cm³/mol. The Morgan fingerprint density at radius 3 is 2.65 bits per heavy atom. The number of ether oxygens (including phenoxy) is 2. The Kier molecular flexibility index (Phi) is 5.72. The van der Waals surface area contributed by atoms with Crippen molar-refractivity contribution in [3.05, 3.63) is 12.2 Å². The largest absolute Gasteiger partial charge is 0.481 e. The third kappa shape index (κ3) is 3.95. The van der Waals surface area contributed by atoms with Crippen molar-refractivity contribution in [1.82, 2.24) is 5.32 Å². The van der Waals surface area contributed by atoms with Gasteiger partial charge in [0.1, 0.15) is 18.3 Å². The summed E-state index contributed by atoms with van der Waals surface area (Å²) in [5, 5.41) is 12.3. The van der Waals surface area contributed by atoms with E-state index >= 15 is 0 Å². The number of aliphatic carboxylic acids is 1. The monoisotopic (exact) mass is 323 g/mol. The summed E-state index contributed by atoms with van der Waals surface area (Å²) in [6.45, 7) is 3.28. The summed E-state index contributed by atoms with van der Waals surface area (Å²) in [4.78, 5) is 10.5. The van der Waals surface area contributed by atoms with Gasteiger partial charge in [0.2, 0.25) is 0 Å². The molecular formula is C18H29NO4. The molecule has 3 fully saturated rings. The second-order valence-electron chi connectivity index (χ2n) is 6.97. The van der Waals surface area contributed by atoms with Gasteiger partial charge in [-0.3, -0.25) is 4.79 Å². The normalized spacial score (nSPS) is 37.4. The van der Waals surface area contributed by atoms with Crippen LogP contribution in [0.25, 0.3) is 0 Å². The maximum Gasteiger partial charge on any atom is 0.303 e. The first-order valence-corrected chi connectivity index (χ1v) is 9.13. The van der Waals surface area contributed by atoms with Crippen molar-refractivity contribution < 1.29 is 19.4 Å². The van der Waals surface area contributed by atoms with Gasteiger partial charge in [-0.1, -0.05) is 31.9 Å². The van der Waals surface area contributed by atoms with Gasteiger partial charge in [-0.05, 0) is 32.2 Å². The number of nitrogens with one attached hydrogen (secondary N) is 1. The van der Waals surface area contributed by atoms with Gasteiger partial charge in [0.15, 0.2) is 0 Å². The number of unbranched alkanes of at least 4 members (excludes halogenated alkanes) is 3. The number of allylic oxidation sites excluding steroid dienone is 2. The Morgan fingerprint density at radius 1 is 1.09 bits per heavy atom. The first-order chi connectivity index (χ1) is 11.2. The lowest BCUT2D eigenvalue weighted by atomic mass is 9.82. The molecule has 6 atom stereocenters. The van der Waals surface area contributed by atoms with Gasteiger partial charge in [0.05, 0.1) is 6.10 Å². The smallest absolute Gasteiger partial charge is 0.303 e. The van der Waals surface area contributed by atoms with E-state index in [-0.39, 0.29) is 18.6 Å². The minimum Gasteiger partial charge on any atom is -0.481 e. The molecule has 3 aliphatic heterocycles. The molecule has 3 heterocycles.